The quantitative estimate of drug-likeness (QED) is 0.711. The third-order valence-electron chi connectivity index (χ3n) is 1.79. The molecule has 0 aliphatic heterocycles. The highest BCUT2D eigenvalue weighted by Gasteiger charge is 1.92. The maximum atomic E-state index is 5.34. The molecule has 0 unspecified atom stereocenters. The number of allylic oxidation sites excluding steroid dienone is 1. The number of benzene rings is 1. The summed E-state index contributed by atoms with van der Waals surface area (Å²) in [6.07, 6.45) is 4.93. The van der Waals surface area contributed by atoms with E-state index in [9.17, 15) is 0 Å². The fourth-order valence-corrected chi connectivity index (χ4v) is 1.12. The van der Waals surface area contributed by atoms with E-state index in [1.54, 1.807) is 7.11 Å². The van der Waals surface area contributed by atoms with Crippen LogP contribution in [0.1, 0.15) is 5.56 Å². The van der Waals surface area contributed by atoms with Gasteiger partial charge in [0.15, 0.2) is 0 Å². The molecule has 0 saturated heterocycles. The molecule has 0 atom stereocenters. The Balaban J connectivity index is 2.61. The minimum Gasteiger partial charge on any atom is -0.497 e. The molecule has 0 saturated carbocycles. The van der Waals surface area contributed by atoms with Gasteiger partial charge in [0.1, 0.15) is 5.75 Å². The second kappa shape index (κ2) is 5.38. The standard InChI is InChI=1S/C11H15NO/c1-13-11-7-4-6-10(9-11)5-2-3-8-12/h2-4,6-7,9H,5,8,12H2,1H3/b3-2+. The van der Waals surface area contributed by atoms with E-state index < -0.39 is 0 Å². The molecule has 0 heterocycles. The molecule has 1 aromatic carbocycles. The number of hydrogen-bond acceptors (Lipinski definition) is 2. The Morgan fingerprint density at radius 1 is 1.38 bits per heavy atom. The first-order valence-corrected chi connectivity index (χ1v) is 4.35. The Hall–Kier alpha value is -1.28. The molecule has 70 valence electrons. The van der Waals surface area contributed by atoms with E-state index >= 15 is 0 Å². The van der Waals surface area contributed by atoms with Crippen molar-refractivity contribution in [2.45, 2.75) is 6.42 Å². The molecule has 0 bridgehead atoms. The molecule has 0 radical (unpaired) electrons. The molecule has 1 aromatic rings. The van der Waals surface area contributed by atoms with Crippen LogP contribution in [0.4, 0.5) is 0 Å². The van der Waals surface area contributed by atoms with Gasteiger partial charge in [-0.3, -0.25) is 0 Å². The van der Waals surface area contributed by atoms with E-state index in [1.807, 2.05) is 24.3 Å². The summed E-state index contributed by atoms with van der Waals surface area (Å²) in [5, 5.41) is 0. The fourth-order valence-electron chi connectivity index (χ4n) is 1.12. The maximum Gasteiger partial charge on any atom is 0.119 e. The molecule has 13 heavy (non-hydrogen) atoms. The van der Waals surface area contributed by atoms with Gasteiger partial charge in [-0.05, 0) is 24.1 Å². The molecule has 1 rings (SSSR count). The molecule has 0 aliphatic rings. The Kier molecular flexibility index (Phi) is 4.06. The number of ether oxygens (including phenoxy) is 1. The Morgan fingerprint density at radius 2 is 2.23 bits per heavy atom. The zero-order valence-corrected chi connectivity index (χ0v) is 7.86. The van der Waals surface area contributed by atoms with Crippen LogP contribution in [0, 0.1) is 0 Å². The van der Waals surface area contributed by atoms with E-state index in [-0.39, 0.29) is 0 Å². The highest BCUT2D eigenvalue weighted by Crippen LogP contribution is 2.12. The van der Waals surface area contributed by atoms with E-state index in [0.717, 1.165) is 12.2 Å². The lowest BCUT2D eigenvalue weighted by Crippen LogP contribution is -1.93. The van der Waals surface area contributed by atoms with Crippen LogP contribution in [-0.4, -0.2) is 13.7 Å². The van der Waals surface area contributed by atoms with Crippen LogP contribution < -0.4 is 10.5 Å². The number of nitrogens with two attached hydrogens (primary N) is 1. The smallest absolute Gasteiger partial charge is 0.119 e. The van der Waals surface area contributed by atoms with Gasteiger partial charge in [0.2, 0.25) is 0 Å². The molecule has 0 fully saturated rings. The number of methoxy groups -OCH3 is 1. The number of rotatable bonds is 4. The Bertz CT molecular complexity index is 281. The van der Waals surface area contributed by atoms with Crippen molar-refractivity contribution in [2.75, 3.05) is 13.7 Å². The second-order valence-electron chi connectivity index (χ2n) is 2.76. The summed E-state index contributed by atoms with van der Waals surface area (Å²) in [5.74, 6) is 0.902. The van der Waals surface area contributed by atoms with E-state index in [0.29, 0.717) is 6.54 Å². The largest absolute Gasteiger partial charge is 0.497 e. The van der Waals surface area contributed by atoms with Crippen LogP contribution in [0.2, 0.25) is 0 Å². The molecule has 0 aliphatic carbocycles. The lowest BCUT2D eigenvalue weighted by molar-refractivity contribution is 0.414. The first-order chi connectivity index (χ1) is 6.36. The molecule has 2 N–H and O–H groups in total. The molecule has 2 heteroatoms. The molecular weight excluding hydrogens is 162 g/mol. The zero-order valence-electron chi connectivity index (χ0n) is 7.86. The number of hydrogen-bond donors (Lipinski definition) is 1. The predicted molar refractivity (Wildman–Crippen MR) is 54.9 cm³/mol. The summed E-state index contributed by atoms with van der Waals surface area (Å²) in [7, 11) is 1.68. The minimum absolute atomic E-state index is 0.601. The molecule has 0 amide bonds. The van der Waals surface area contributed by atoms with E-state index in [2.05, 4.69) is 12.1 Å². The Labute approximate surface area is 79.0 Å². The van der Waals surface area contributed by atoms with Crippen molar-refractivity contribution in [1.82, 2.24) is 0 Å². The third kappa shape index (κ3) is 3.30. The maximum absolute atomic E-state index is 5.34. The van der Waals surface area contributed by atoms with Crippen LogP contribution in [0.5, 0.6) is 5.75 Å². The Morgan fingerprint density at radius 3 is 2.92 bits per heavy atom. The van der Waals surface area contributed by atoms with Crippen LogP contribution in [0.25, 0.3) is 0 Å². The zero-order chi connectivity index (χ0) is 9.52. The lowest BCUT2D eigenvalue weighted by atomic mass is 10.1. The monoisotopic (exact) mass is 177 g/mol. The third-order valence-corrected chi connectivity index (χ3v) is 1.79. The molecular formula is C11H15NO. The average Bonchev–Trinajstić information content (AvgIpc) is 2.19. The second-order valence-corrected chi connectivity index (χ2v) is 2.76. The van der Waals surface area contributed by atoms with Gasteiger partial charge >= 0.3 is 0 Å². The molecule has 2 nitrogen and oxygen atoms in total. The minimum atomic E-state index is 0.601. The van der Waals surface area contributed by atoms with Gasteiger partial charge in [-0.1, -0.05) is 24.3 Å². The van der Waals surface area contributed by atoms with Crippen LogP contribution in [0.3, 0.4) is 0 Å². The van der Waals surface area contributed by atoms with Gasteiger partial charge < -0.3 is 10.5 Å². The average molecular weight is 177 g/mol. The van der Waals surface area contributed by atoms with Crippen molar-refractivity contribution in [3.05, 3.63) is 42.0 Å². The summed E-state index contributed by atoms with van der Waals surface area (Å²) >= 11 is 0. The van der Waals surface area contributed by atoms with Gasteiger partial charge in [-0.25, -0.2) is 0 Å². The van der Waals surface area contributed by atoms with Crippen molar-refractivity contribution in [2.24, 2.45) is 5.73 Å². The van der Waals surface area contributed by atoms with Crippen LogP contribution in [0.15, 0.2) is 36.4 Å². The van der Waals surface area contributed by atoms with Crippen LogP contribution >= 0.6 is 0 Å². The van der Waals surface area contributed by atoms with Crippen molar-refractivity contribution in [3.8, 4) is 5.75 Å². The first-order valence-electron chi connectivity index (χ1n) is 4.35. The van der Waals surface area contributed by atoms with Gasteiger partial charge in [-0.15, -0.1) is 0 Å². The summed E-state index contributed by atoms with van der Waals surface area (Å²) < 4.78 is 5.11. The summed E-state index contributed by atoms with van der Waals surface area (Å²) in [6, 6.07) is 8.03. The topological polar surface area (TPSA) is 35.2 Å². The van der Waals surface area contributed by atoms with Gasteiger partial charge in [0, 0.05) is 6.54 Å². The SMILES string of the molecule is COc1cccc(C/C=C/CN)c1. The van der Waals surface area contributed by atoms with Gasteiger partial charge in [0.25, 0.3) is 0 Å². The van der Waals surface area contributed by atoms with Crippen molar-refractivity contribution in [3.63, 3.8) is 0 Å². The normalized spacial score (nSPS) is 10.6. The van der Waals surface area contributed by atoms with Crippen LogP contribution in [-0.2, 0) is 6.42 Å². The predicted octanol–water partition coefficient (Wildman–Crippen LogP) is 1.75. The van der Waals surface area contributed by atoms with Crippen molar-refractivity contribution >= 4 is 0 Å². The van der Waals surface area contributed by atoms with Crippen molar-refractivity contribution < 1.29 is 4.74 Å². The highest BCUT2D eigenvalue weighted by molar-refractivity contribution is 5.29. The van der Waals surface area contributed by atoms with Gasteiger partial charge in [0.05, 0.1) is 7.11 Å². The fraction of sp³-hybridized carbons (Fsp3) is 0.273. The first kappa shape index (κ1) is 9.81. The van der Waals surface area contributed by atoms with Crippen molar-refractivity contribution in [1.29, 1.82) is 0 Å². The van der Waals surface area contributed by atoms with E-state index in [1.165, 1.54) is 5.56 Å². The summed E-state index contributed by atoms with van der Waals surface area (Å²) in [4.78, 5) is 0. The summed E-state index contributed by atoms with van der Waals surface area (Å²) in [5.41, 5.74) is 6.58. The molecule has 0 spiro atoms. The van der Waals surface area contributed by atoms with E-state index in [4.69, 9.17) is 10.5 Å². The summed E-state index contributed by atoms with van der Waals surface area (Å²) in [6.45, 7) is 0.601. The highest BCUT2D eigenvalue weighted by atomic mass is 16.5. The lowest BCUT2D eigenvalue weighted by Gasteiger charge is -2.01. The molecule has 0 aromatic heterocycles. The van der Waals surface area contributed by atoms with Gasteiger partial charge in [-0.2, -0.15) is 0 Å².